The molecule has 0 spiro atoms. The van der Waals surface area contributed by atoms with Crippen LogP contribution >= 0.6 is 0 Å². The SMILES string of the molecule is Cn1nnc(-c2cccc(N(C=O)CCN3Cc4ccc(C(=O)O)cc4C3=O)c2)n1. The zero-order valence-electron chi connectivity index (χ0n) is 16.1. The number of hydrogen-bond donors (Lipinski definition) is 1. The summed E-state index contributed by atoms with van der Waals surface area (Å²) in [5.41, 5.74) is 2.61. The van der Waals surface area contributed by atoms with Crippen LogP contribution in [0.2, 0.25) is 0 Å². The lowest BCUT2D eigenvalue weighted by atomic mass is 10.1. The van der Waals surface area contributed by atoms with Crippen molar-refractivity contribution in [3.63, 3.8) is 0 Å². The van der Waals surface area contributed by atoms with Gasteiger partial charge in [-0.05, 0) is 35.0 Å². The van der Waals surface area contributed by atoms with Crippen LogP contribution in [0.15, 0.2) is 42.5 Å². The van der Waals surface area contributed by atoms with Gasteiger partial charge in [0.1, 0.15) is 0 Å². The number of aryl methyl sites for hydroxylation is 1. The number of amides is 2. The second-order valence-electron chi connectivity index (χ2n) is 6.86. The standard InChI is InChI=1S/C20H18N6O4/c1-24-22-18(21-23-24)13-3-2-4-16(9-13)26(12-27)8-7-25-11-15-6-5-14(20(29)30)10-17(15)19(25)28/h2-6,9-10,12H,7-8,11H2,1H3,(H,29,30). The number of carbonyl (C=O) groups is 3. The van der Waals surface area contributed by atoms with Gasteiger partial charge in [0.25, 0.3) is 5.91 Å². The molecule has 0 saturated carbocycles. The Kier molecular flexibility index (Phi) is 4.97. The molecule has 0 aliphatic carbocycles. The number of tetrazole rings is 1. The van der Waals surface area contributed by atoms with Crippen molar-refractivity contribution in [2.24, 2.45) is 7.05 Å². The van der Waals surface area contributed by atoms with E-state index < -0.39 is 5.97 Å². The van der Waals surface area contributed by atoms with E-state index in [4.69, 9.17) is 5.11 Å². The van der Waals surface area contributed by atoms with Gasteiger partial charge in [-0.2, -0.15) is 4.80 Å². The molecular weight excluding hydrogens is 388 g/mol. The smallest absolute Gasteiger partial charge is 0.335 e. The van der Waals surface area contributed by atoms with Gasteiger partial charge in [0.2, 0.25) is 12.2 Å². The summed E-state index contributed by atoms with van der Waals surface area (Å²) in [6.45, 7) is 0.971. The number of carboxylic acids is 1. The third-order valence-electron chi connectivity index (χ3n) is 4.92. The highest BCUT2D eigenvalue weighted by Gasteiger charge is 2.28. The number of benzene rings is 2. The van der Waals surface area contributed by atoms with Crippen molar-refractivity contribution in [2.75, 3.05) is 18.0 Å². The minimum atomic E-state index is -1.08. The van der Waals surface area contributed by atoms with E-state index in [2.05, 4.69) is 15.4 Å². The Hall–Kier alpha value is -4.08. The van der Waals surface area contributed by atoms with Crippen LogP contribution in [0.4, 0.5) is 5.69 Å². The van der Waals surface area contributed by atoms with Crippen LogP contribution in [-0.4, -0.2) is 61.6 Å². The van der Waals surface area contributed by atoms with Gasteiger partial charge in [-0.15, -0.1) is 10.2 Å². The van der Waals surface area contributed by atoms with Gasteiger partial charge in [-0.25, -0.2) is 4.79 Å². The lowest BCUT2D eigenvalue weighted by Crippen LogP contribution is -2.34. The fourth-order valence-corrected chi connectivity index (χ4v) is 3.37. The number of rotatable bonds is 7. The molecule has 30 heavy (non-hydrogen) atoms. The molecule has 0 unspecified atom stereocenters. The summed E-state index contributed by atoms with van der Waals surface area (Å²) in [6.07, 6.45) is 0.708. The van der Waals surface area contributed by atoms with Gasteiger partial charge in [0, 0.05) is 36.4 Å². The lowest BCUT2D eigenvalue weighted by molar-refractivity contribution is -0.107. The number of carbonyl (C=O) groups excluding carboxylic acids is 2. The minimum absolute atomic E-state index is 0.0768. The Bertz CT molecular complexity index is 1140. The Morgan fingerprint density at radius 1 is 1.27 bits per heavy atom. The molecule has 10 nitrogen and oxygen atoms in total. The number of nitrogens with zero attached hydrogens (tertiary/aromatic N) is 6. The van der Waals surface area contributed by atoms with Crippen LogP contribution in [0, 0.1) is 0 Å². The molecule has 1 aromatic heterocycles. The second kappa shape index (κ2) is 7.74. The Morgan fingerprint density at radius 2 is 2.10 bits per heavy atom. The van der Waals surface area contributed by atoms with Gasteiger partial charge in [-0.3, -0.25) is 9.59 Å². The zero-order chi connectivity index (χ0) is 21.3. The Morgan fingerprint density at radius 3 is 2.80 bits per heavy atom. The number of hydrogen-bond acceptors (Lipinski definition) is 6. The fourth-order valence-electron chi connectivity index (χ4n) is 3.37. The molecule has 0 saturated heterocycles. The Balaban J connectivity index is 1.47. The number of anilines is 1. The van der Waals surface area contributed by atoms with E-state index in [-0.39, 0.29) is 18.0 Å². The molecule has 2 aromatic carbocycles. The van der Waals surface area contributed by atoms with Gasteiger partial charge >= 0.3 is 5.97 Å². The van der Waals surface area contributed by atoms with E-state index in [0.717, 1.165) is 11.1 Å². The first-order chi connectivity index (χ1) is 14.5. The summed E-state index contributed by atoms with van der Waals surface area (Å²) in [7, 11) is 1.67. The van der Waals surface area contributed by atoms with E-state index in [1.54, 1.807) is 36.2 Å². The van der Waals surface area contributed by atoms with E-state index in [1.807, 2.05) is 6.07 Å². The maximum atomic E-state index is 12.7. The highest BCUT2D eigenvalue weighted by atomic mass is 16.4. The van der Waals surface area contributed by atoms with Crippen molar-refractivity contribution < 1.29 is 19.5 Å². The third kappa shape index (κ3) is 3.62. The van der Waals surface area contributed by atoms with Crippen molar-refractivity contribution in [1.29, 1.82) is 0 Å². The molecule has 2 amide bonds. The van der Waals surface area contributed by atoms with Crippen LogP contribution in [0.1, 0.15) is 26.3 Å². The molecule has 1 N–H and O–H groups in total. The molecule has 0 atom stereocenters. The summed E-state index contributed by atoms with van der Waals surface area (Å²) >= 11 is 0. The molecule has 1 aliphatic heterocycles. The van der Waals surface area contributed by atoms with Crippen molar-refractivity contribution in [2.45, 2.75) is 6.54 Å². The topological polar surface area (TPSA) is 122 Å². The first-order valence-corrected chi connectivity index (χ1v) is 9.18. The largest absolute Gasteiger partial charge is 0.478 e. The first kappa shape index (κ1) is 19.2. The molecule has 0 fully saturated rings. The lowest BCUT2D eigenvalue weighted by Gasteiger charge is -2.22. The average molecular weight is 406 g/mol. The highest BCUT2D eigenvalue weighted by molar-refractivity contribution is 6.01. The van der Waals surface area contributed by atoms with Crippen molar-refractivity contribution >= 4 is 24.0 Å². The van der Waals surface area contributed by atoms with Crippen molar-refractivity contribution in [3.05, 3.63) is 59.2 Å². The van der Waals surface area contributed by atoms with Crippen molar-refractivity contribution in [3.8, 4) is 11.4 Å². The average Bonchev–Trinajstić information content (AvgIpc) is 3.32. The number of carboxylic acid groups (broad SMARTS) is 1. The summed E-state index contributed by atoms with van der Waals surface area (Å²) in [5, 5.41) is 21.1. The van der Waals surface area contributed by atoms with E-state index in [1.165, 1.54) is 21.8 Å². The zero-order valence-corrected chi connectivity index (χ0v) is 16.1. The van der Waals surface area contributed by atoms with E-state index >= 15 is 0 Å². The third-order valence-corrected chi connectivity index (χ3v) is 4.92. The van der Waals surface area contributed by atoms with Crippen LogP contribution < -0.4 is 4.90 Å². The molecule has 152 valence electrons. The second-order valence-corrected chi connectivity index (χ2v) is 6.86. The van der Waals surface area contributed by atoms with Crippen LogP contribution in [0.3, 0.4) is 0 Å². The van der Waals surface area contributed by atoms with Gasteiger partial charge in [-0.1, -0.05) is 18.2 Å². The van der Waals surface area contributed by atoms with Crippen molar-refractivity contribution in [1.82, 2.24) is 25.1 Å². The fraction of sp³-hybridized carbons (Fsp3) is 0.200. The van der Waals surface area contributed by atoms with E-state index in [9.17, 15) is 14.4 Å². The monoisotopic (exact) mass is 406 g/mol. The molecule has 0 bridgehead atoms. The molecule has 4 rings (SSSR count). The summed E-state index contributed by atoms with van der Waals surface area (Å²) < 4.78 is 0. The van der Waals surface area contributed by atoms with E-state index in [0.29, 0.717) is 36.6 Å². The quantitative estimate of drug-likeness (QED) is 0.585. The molecular formula is C20H18N6O4. The van der Waals surface area contributed by atoms with Crippen LogP contribution in [0.25, 0.3) is 11.4 Å². The predicted molar refractivity (Wildman–Crippen MR) is 106 cm³/mol. The van der Waals surface area contributed by atoms with Gasteiger partial charge < -0.3 is 14.9 Å². The first-order valence-electron chi connectivity index (χ1n) is 9.18. The predicted octanol–water partition coefficient (Wildman–Crippen LogP) is 1.19. The van der Waals surface area contributed by atoms with Gasteiger partial charge in [0.05, 0.1) is 12.6 Å². The van der Waals surface area contributed by atoms with Gasteiger partial charge in [0.15, 0.2) is 0 Å². The maximum Gasteiger partial charge on any atom is 0.335 e. The van der Waals surface area contributed by atoms with Crippen LogP contribution in [-0.2, 0) is 18.4 Å². The minimum Gasteiger partial charge on any atom is -0.478 e. The van der Waals surface area contributed by atoms with Crippen LogP contribution in [0.5, 0.6) is 0 Å². The highest BCUT2D eigenvalue weighted by Crippen LogP contribution is 2.25. The molecule has 0 radical (unpaired) electrons. The normalized spacial score (nSPS) is 12.7. The summed E-state index contributed by atoms with van der Waals surface area (Å²) in [5.74, 6) is -0.866. The molecule has 10 heteroatoms. The Labute approximate surface area is 171 Å². The summed E-state index contributed by atoms with van der Waals surface area (Å²) in [6, 6.07) is 11.7. The molecule has 2 heterocycles. The molecule has 3 aromatic rings. The summed E-state index contributed by atoms with van der Waals surface area (Å²) in [4.78, 5) is 39.9. The molecule has 1 aliphatic rings. The maximum absolute atomic E-state index is 12.7. The number of aromatic carboxylic acids is 1. The number of aromatic nitrogens is 4. The number of fused-ring (bicyclic) bond motifs is 1.